The van der Waals surface area contributed by atoms with E-state index in [4.69, 9.17) is 0 Å². The quantitative estimate of drug-likeness (QED) is 0.430. The van der Waals surface area contributed by atoms with Gasteiger partial charge in [0.05, 0.1) is 10.6 Å². The molecule has 2 aromatic heterocycles. The van der Waals surface area contributed by atoms with Crippen LogP contribution in [0.2, 0.25) is 0 Å². The van der Waals surface area contributed by atoms with Crippen LogP contribution in [0, 0.1) is 0 Å². The maximum atomic E-state index is 13.5. The van der Waals surface area contributed by atoms with Crippen molar-refractivity contribution in [2.45, 2.75) is 12.5 Å². The van der Waals surface area contributed by atoms with E-state index in [1.54, 1.807) is 10.7 Å². The zero-order valence-corrected chi connectivity index (χ0v) is 19.8. The molecule has 0 saturated carbocycles. The zero-order valence-electron chi connectivity index (χ0n) is 19.0. The second-order valence-corrected chi connectivity index (χ2v) is 9.18. The number of thiophene rings is 1. The highest BCUT2D eigenvalue weighted by molar-refractivity contribution is 7.12. The predicted molar refractivity (Wildman–Crippen MR) is 134 cm³/mol. The molecule has 0 bridgehead atoms. The first-order valence-corrected chi connectivity index (χ1v) is 12.3. The van der Waals surface area contributed by atoms with Crippen molar-refractivity contribution in [2.75, 3.05) is 31.1 Å². The number of nitrogens with zero attached hydrogens (tertiary/aromatic N) is 6. The molecule has 35 heavy (non-hydrogen) atoms. The van der Waals surface area contributed by atoms with Crippen molar-refractivity contribution in [2.24, 2.45) is 0 Å². The summed E-state index contributed by atoms with van der Waals surface area (Å²) in [6, 6.07) is 22.4. The lowest BCUT2D eigenvalue weighted by Crippen LogP contribution is -2.56. The minimum Gasteiger partial charge on any atom is -0.339 e. The highest BCUT2D eigenvalue weighted by Gasteiger charge is 2.30. The number of amides is 2. The van der Waals surface area contributed by atoms with Gasteiger partial charge in [0.15, 0.2) is 0 Å². The first-order valence-electron chi connectivity index (χ1n) is 11.4. The Bertz CT molecular complexity index is 1250. The normalized spacial score (nSPS) is 14.5. The second-order valence-electron chi connectivity index (χ2n) is 8.23. The number of tetrazole rings is 1. The third-order valence-corrected chi connectivity index (χ3v) is 6.83. The number of aromatic nitrogens is 4. The van der Waals surface area contributed by atoms with Crippen LogP contribution in [0.1, 0.15) is 15.2 Å². The topological polar surface area (TPSA) is 96.2 Å². The van der Waals surface area contributed by atoms with Gasteiger partial charge in [0, 0.05) is 32.6 Å². The van der Waals surface area contributed by atoms with Crippen LogP contribution in [0.3, 0.4) is 0 Å². The van der Waals surface area contributed by atoms with Crippen molar-refractivity contribution < 1.29 is 9.59 Å². The number of benzene rings is 2. The van der Waals surface area contributed by atoms with Crippen LogP contribution in [0.15, 0.2) is 78.2 Å². The molecule has 1 fully saturated rings. The molecule has 4 aromatic rings. The fourth-order valence-electron chi connectivity index (χ4n) is 4.15. The van der Waals surface area contributed by atoms with Gasteiger partial charge in [-0.25, -0.2) is 0 Å². The lowest BCUT2D eigenvalue weighted by atomic mass is 10.0. The lowest BCUT2D eigenvalue weighted by molar-refractivity contribution is -0.133. The molecule has 1 aliphatic heterocycles. The SMILES string of the molecule is O=C(NC(Cc1ccccc1)C(=O)N1CCN(c2nnnn2-c2ccccc2)CC1)c1cccs1. The molecule has 10 heteroatoms. The Morgan fingerprint density at radius 1 is 0.914 bits per heavy atom. The van der Waals surface area contributed by atoms with Crippen molar-refractivity contribution >= 4 is 29.1 Å². The van der Waals surface area contributed by atoms with Gasteiger partial charge in [-0.15, -0.1) is 11.3 Å². The Kier molecular flexibility index (Phi) is 6.80. The fraction of sp³-hybridized carbons (Fsp3) is 0.240. The number of anilines is 1. The van der Waals surface area contributed by atoms with E-state index in [2.05, 4.69) is 25.7 Å². The van der Waals surface area contributed by atoms with E-state index in [1.165, 1.54) is 11.3 Å². The average Bonchev–Trinajstić information content (AvgIpc) is 3.62. The Morgan fingerprint density at radius 2 is 1.63 bits per heavy atom. The number of para-hydroxylation sites is 1. The number of carbonyl (C=O) groups is 2. The summed E-state index contributed by atoms with van der Waals surface area (Å²) in [5, 5.41) is 17.0. The number of rotatable bonds is 7. The number of hydrogen-bond acceptors (Lipinski definition) is 7. The van der Waals surface area contributed by atoms with Crippen LogP contribution in [0.4, 0.5) is 5.95 Å². The van der Waals surface area contributed by atoms with Crippen LogP contribution >= 0.6 is 11.3 Å². The largest absolute Gasteiger partial charge is 0.339 e. The van der Waals surface area contributed by atoms with Gasteiger partial charge in [-0.05, 0) is 39.6 Å². The van der Waals surface area contributed by atoms with Gasteiger partial charge >= 0.3 is 0 Å². The third-order valence-electron chi connectivity index (χ3n) is 5.96. The van der Waals surface area contributed by atoms with Gasteiger partial charge in [-0.2, -0.15) is 4.68 Å². The molecule has 1 N–H and O–H groups in total. The fourth-order valence-corrected chi connectivity index (χ4v) is 4.78. The summed E-state index contributed by atoms with van der Waals surface area (Å²) in [6.07, 6.45) is 0.434. The van der Waals surface area contributed by atoms with Gasteiger partial charge in [0.1, 0.15) is 6.04 Å². The van der Waals surface area contributed by atoms with Crippen LogP contribution in [-0.4, -0.2) is 69.1 Å². The van der Waals surface area contributed by atoms with Gasteiger partial charge in [0.2, 0.25) is 11.9 Å². The molecule has 1 unspecified atom stereocenters. The van der Waals surface area contributed by atoms with Crippen molar-refractivity contribution in [3.63, 3.8) is 0 Å². The third kappa shape index (κ3) is 5.22. The van der Waals surface area contributed by atoms with E-state index < -0.39 is 6.04 Å². The Hall–Kier alpha value is -4.05. The minimum absolute atomic E-state index is 0.0824. The Balaban J connectivity index is 1.28. The van der Waals surface area contributed by atoms with E-state index in [1.807, 2.05) is 77.0 Å². The van der Waals surface area contributed by atoms with Gasteiger partial charge in [-0.1, -0.05) is 59.7 Å². The van der Waals surface area contributed by atoms with E-state index in [0.29, 0.717) is 43.4 Å². The molecular formula is C25H25N7O2S. The van der Waals surface area contributed by atoms with Crippen molar-refractivity contribution in [3.05, 3.63) is 88.6 Å². The molecule has 9 nitrogen and oxygen atoms in total. The smallest absolute Gasteiger partial charge is 0.262 e. The Morgan fingerprint density at radius 3 is 2.31 bits per heavy atom. The number of hydrogen-bond donors (Lipinski definition) is 1. The molecule has 0 radical (unpaired) electrons. The summed E-state index contributed by atoms with van der Waals surface area (Å²) >= 11 is 1.36. The number of carbonyl (C=O) groups excluding carboxylic acids is 2. The van der Waals surface area contributed by atoms with Crippen LogP contribution < -0.4 is 10.2 Å². The van der Waals surface area contributed by atoms with E-state index in [9.17, 15) is 9.59 Å². The second kappa shape index (κ2) is 10.5. The molecule has 0 aliphatic carbocycles. The summed E-state index contributed by atoms with van der Waals surface area (Å²) in [6.45, 7) is 2.22. The van der Waals surface area contributed by atoms with Crippen LogP contribution in [-0.2, 0) is 11.2 Å². The minimum atomic E-state index is -0.645. The maximum absolute atomic E-state index is 13.5. The van der Waals surface area contributed by atoms with E-state index in [-0.39, 0.29) is 11.8 Å². The average molecular weight is 488 g/mol. The summed E-state index contributed by atoms with van der Waals surface area (Å²) in [4.78, 5) is 30.8. The first-order chi connectivity index (χ1) is 17.2. The highest BCUT2D eigenvalue weighted by Crippen LogP contribution is 2.18. The molecule has 5 rings (SSSR count). The van der Waals surface area contributed by atoms with Crippen molar-refractivity contribution in [1.29, 1.82) is 0 Å². The summed E-state index contributed by atoms with van der Waals surface area (Å²) in [5.74, 6) is 0.339. The molecular weight excluding hydrogens is 462 g/mol. The number of nitrogens with one attached hydrogen (secondary N) is 1. The monoisotopic (exact) mass is 487 g/mol. The van der Waals surface area contributed by atoms with Crippen LogP contribution in [0.25, 0.3) is 5.69 Å². The number of piperazine rings is 1. The summed E-state index contributed by atoms with van der Waals surface area (Å²) in [5.41, 5.74) is 1.88. The molecule has 178 valence electrons. The summed E-state index contributed by atoms with van der Waals surface area (Å²) < 4.78 is 1.71. The van der Waals surface area contributed by atoms with Crippen molar-refractivity contribution in [3.8, 4) is 5.69 Å². The molecule has 1 aliphatic rings. The van der Waals surface area contributed by atoms with Crippen molar-refractivity contribution in [1.82, 2.24) is 30.4 Å². The zero-order chi connectivity index (χ0) is 24.0. The predicted octanol–water partition coefficient (Wildman–Crippen LogP) is 2.41. The molecule has 2 aromatic carbocycles. The van der Waals surface area contributed by atoms with Gasteiger partial charge < -0.3 is 15.1 Å². The molecule has 1 atom stereocenters. The standard InChI is InChI=1S/C25H25N7O2S/c33-23(22-12-7-17-35-22)26-21(18-19-8-3-1-4-9-19)24(34)30-13-15-31(16-14-30)25-27-28-29-32(25)20-10-5-2-6-11-20/h1-12,17,21H,13-16,18H2,(H,26,33). The maximum Gasteiger partial charge on any atom is 0.262 e. The van der Waals surface area contributed by atoms with Crippen LogP contribution in [0.5, 0.6) is 0 Å². The van der Waals surface area contributed by atoms with E-state index >= 15 is 0 Å². The molecule has 2 amide bonds. The highest BCUT2D eigenvalue weighted by atomic mass is 32.1. The Labute approximate surface area is 207 Å². The van der Waals surface area contributed by atoms with Gasteiger partial charge in [-0.3, -0.25) is 9.59 Å². The molecule has 1 saturated heterocycles. The first kappa shape index (κ1) is 22.7. The van der Waals surface area contributed by atoms with E-state index in [0.717, 1.165) is 11.3 Å². The summed E-state index contributed by atoms with van der Waals surface area (Å²) in [7, 11) is 0. The molecule has 3 heterocycles. The molecule has 0 spiro atoms. The van der Waals surface area contributed by atoms with Gasteiger partial charge in [0.25, 0.3) is 5.91 Å². The lowest BCUT2D eigenvalue weighted by Gasteiger charge is -2.36.